The summed E-state index contributed by atoms with van der Waals surface area (Å²) in [5, 5.41) is 0. The van der Waals surface area contributed by atoms with Crippen LogP contribution in [0.1, 0.15) is 48.2 Å². The van der Waals surface area contributed by atoms with E-state index in [1.807, 2.05) is 6.07 Å². The Morgan fingerprint density at radius 2 is 1.56 bits per heavy atom. The topological polar surface area (TPSA) is 13.1 Å². The Labute approximate surface area is 171 Å². The second-order valence-electron chi connectivity index (χ2n) is 8.13. The third kappa shape index (κ3) is 3.08. The first-order valence-corrected chi connectivity index (χ1v) is 18.8. The molecule has 0 bridgehead atoms. The van der Waals surface area contributed by atoms with E-state index in [0.29, 0.717) is 3.63 Å². The molecule has 0 saturated carbocycles. The summed E-state index contributed by atoms with van der Waals surface area (Å²) in [5.74, 6) is 1.02. The Kier molecular flexibility index (Phi) is 5.20. The molecular formula is C24H28OSiZr. The van der Waals surface area contributed by atoms with Gasteiger partial charge in [0.2, 0.25) is 0 Å². The number of fused-ring (bicyclic) bond motifs is 1. The zero-order valence-corrected chi connectivity index (χ0v) is 20.6. The molecule has 2 aliphatic carbocycles. The van der Waals surface area contributed by atoms with Crippen molar-refractivity contribution in [3.8, 4) is 0 Å². The van der Waals surface area contributed by atoms with Crippen molar-refractivity contribution in [1.82, 2.24) is 0 Å². The molecule has 0 amide bonds. The van der Waals surface area contributed by atoms with Gasteiger partial charge in [0.25, 0.3) is 0 Å². The molecule has 0 N–H and O–H groups in total. The molecule has 1 unspecified atom stereocenters. The number of benzene rings is 1. The van der Waals surface area contributed by atoms with E-state index in [1.165, 1.54) is 11.1 Å². The van der Waals surface area contributed by atoms with Gasteiger partial charge in [-0.3, -0.25) is 0 Å². The third-order valence-electron chi connectivity index (χ3n) is 6.54. The molecule has 1 nitrogen and oxygen atoms in total. The van der Waals surface area contributed by atoms with Crippen LogP contribution in [0.2, 0.25) is 16.7 Å². The molecule has 2 aromatic rings. The molecule has 2 aliphatic rings. The van der Waals surface area contributed by atoms with Crippen molar-refractivity contribution in [3.05, 3.63) is 87.9 Å². The van der Waals surface area contributed by atoms with E-state index in [-0.39, 0.29) is 5.43 Å². The molecule has 3 heteroatoms. The standard InChI is InChI=1S/C13H9O.C9H13.C2H6Si.Zr/c1-2-5-11-10(4-1)7-8-12(11)13-6-3-9-14-13;1-6-5-7(2)9(4)8(6)3;1-3-2;/h1-9H;5H,1-4H3;1-2H3;. The van der Waals surface area contributed by atoms with E-state index in [9.17, 15) is 0 Å². The predicted octanol–water partition coefficient (Wildman–Crippen LogP) is 7.11. The zero-order chi connectivity index (χ0) is 19.3. The minimum atomic E-state index is -1.85. The summed E-state index contributed by atoms with van der Waals surface area (Å²) in [4.78, 5) is 0. The van der Waals surface area contributed by atoms with Crippen LogP contribution in [0.3, 0.4) is 0 Å². The molecule has 27 heavy (non-hydrogen) atoms. The molecule has 0 saturated heterocycles. The molecule has 4 rings (SSSR count). The van der Waals surface area contributed by atoms with Gasteiger partial charge in [-0.25, -0.2) is 0 Å². The van der Waals surface area contributed by atoms with Gasteiger partial charge in [0, 0.05) is 0 Å². The molecule has 138 valence electrons. The SMILES string of the molecule is CC1=C(C)[CH]([Zr]([CH]2C=C(c3ccco3)c3ccccc32)=[Si](C)C)C(C)=C1C. The van der Waals surface area contributed by atoms with Crippen LogP contribution in [0.5, 0.6) is 0 Å². The fourth-order valence-electron chi connectivity index (χ4n) is 4.86. The van der Waals surface area contributed by atoms with E-state index in [0.717, 1.165) is 9.39 Å². The van der Waals surface area contributed by atoms with Crippen molar-refractivity contribution in [1.29, 1.82) is 0 Å². The van der Waals surface area contributed by atoms with Gasteiger partial charge >= 0.3 is 172 Å². The number of rotatable bonds is 3. The second kappa shape index (κ2) is 7.33. The van der Waals surface area contributed by atoms with Crippen LogP contribution in [-0.2, 0) is 20.4 Å². The Morgan fingerprint density at radius 3 is 2.15 bits per heavy atom. The van der Waals surface area contributed by atoms with Crippen molar-refractivity contribution in [2.75, 3.05) is 0 Å². The van der Waals surface area contributed by atoms with E-state index in [4.69, 9.17) is 4.42 Å². The van der Waals surface area contributed by atoms with Gasteiger partial charge < -0.3 is 0 Å². The summed E-state index contributed by atoms with van der Waals surface area (Å²) in [6, 6.07) is 13.2. The van der Waals surface area contributed by atoms with Crippen LogP contribution in [-0.4, -0.2) is 5.43 Å². The van der Waals surface area contributed by atoms with Gasteiger partial charge in [-0.05, 0) is 0 Å². The van der Waals surface area contributed by atoms with E-state index in [2.05, 4.69) is 77.2 Å². The zero-order valence-electron chi connectivity index (χ0n) is 17.2. The number of hydrogen-bond acceptors (Lipinski definition) is 1. The summed E-state index contributed by atoms with van der Waals surface area (Å²) in [7, 11) is 0. The summed E-state index contributed by atoms with van der Waals surface area (Å²) in [6.45, 7) is 14.6. The monoisotopic (exact) mass is 450 g/mol. The average molecular weight is 452 g/mol. The molecule has 0 spiro atoms. The molecule has 1 atom stereocenters. The van der Waals surface area contributed by atoms with Crippen LogP contribution in [0.25, 0.3) is 5.57 Å². The fraction of sp³-hybridized carbons (Fsp3) is 0.333. The van der Waals surface area contributed by atoms with E-state index >= 15 is 0 Å². The third-order valence-corrected chi connectivity index (χ3v) is 26.2. The van der Waals surface area contributed by atoms with Crippen LogP contribution < -0.4 is 0 Å². The predicted molar refractivity (Wildman–Crippen MR) is 113 cm³/mol. The number of allylic oxidation sites excluding steroid dienone is 5. The molecule has 1 aromatic carbocycles. The van der Waals surface area contributed by atoms with Gasteiger partial charge in [0.1, 0.15) is 0 Å². The van der Waals surface area contributed by atoms with Crippen LogP contribution in [0.4, 0.5) is 0 Å². The normalized spacial score (nSPS) is 19.6. The van der Waals surface area contributed by atoms with Crippen molar-refractivity contribution in [2.24, 2.45) is 0 Å². The molecule has 1 aromatic heterocycles. The number of hydrogen-bond donors (Lipinski definition) is 0. The first kappa shape index (κ1) is 19.2. The minimum absolute atomic E-state index is 0.330. The Hall–Kier alpha value is -1.18. The van der Waals surface area contributed by atoms with Gasteiger partial charge in [0.15, 0.2) is 0 Å². The van der Waals surface area contributed by atoms with Crippen molar-refractivity contribution < 1.29 is 24.8 Å². The van der Waals surface area contributed by atoms with Crippen LogP contribution in [0, 0.1) is 0 Å². The second-order valence-corrected chi connectivity index (χ2v) is 26.1. The van der Waals surface area contributed by atoms with E-state index in [1.54, 1.807) is 34.1 Å². The van der Waals surface area contributed by atoms with Gasteiger partial charge in [-0.15, -0.1) is 0 Å². The van der Waals surface area contributed by atoms with Gasteiger partial charge in [0.05, 0.1) is 0 Å². The average Bonchev–Trinajstić information content (AvgIpc) is 3.34. The Morgan fingerprint density at radius 1 is 0.889 bits per heavy atom. The summed E-state index contributed by atoms with van der Waals surface area (Å²) in [6.07, 6.45) is 4.38. The summed E-state index contributed by atoms with van der Waals surface area (Å²) >= 11 is -1.85. The van der Waals surface area contributed by atoms with Crippen LogP contribution in [0.15, 0.2) is 75.4 Å². The van der Waals surface area contributed by atoms with Crippen molar-refractivity contribution in [2.45, 2.75) is 48.0 Å². The Balaban J connectivity index is 1.90. The molecule has 0 aliphatic heterocycles. The first-order valence-electron chi connectivity index (χ1n) is 9.79. The van der Waals surface area contributed by atoms with E-state index < -0.39 is 20.4 Å². The first-order chi connectivity index (χ1) is 12.9. The molecular weight excluding hydrogens is 424 g/mol. The molecule has 0 radical (unpaired) electrons. The maximum absolute atomic E-state index is 5.81. The molecule has 0 fully saturated rings. The number of furan rings is 1. The fourth-order valence-corrected chi connectivity index (χ4v) is 25.4. The summed E-state index contributed by atoms with van der Waals surface area (Å²) < 4.78 is 7.23. The van der Waals surface area contributed by atoms with Crippen molar-refractivity contribution >= 4 is 11.0 Å². The van der Waals surface area contributed by atoms with Crippen molar-refractivity contribution in [3.63, 3.8) is 0 Å². The molecule has 1 heterocycles. The maximum atomic E-state index is 5.81. The quantitative estimate of drug-likeness (QED) is 0.453. The van der Waals surface area contributed by atoms with Gasteiger partial charge in [-0.2, -0.15) is 0 Å². The summed E-state index contributed by atoms with van der Waals surface area (Å²) in [5.41, 5.74) is 10.4. The van der Waals surface area contributed by atoms with Gasteiger partial charge in [-0.1, -0.05) is 0 Å². The Bertz CT molecular complexity index is 1010. The van der Waals surface area contributed by atoms with Crippen LogP contribution >= 0.6 is 0 Å².